The van der Waals surface area contributed by atoms with Gasteiger partial charge in [-0.05, 0) is 70.0 Å². The van der Waals surface area contributed by atoms with Crippen molar-refractivity contribution in [2.45, 2.75) is 111 Å². The Morgan fingerprint density at radius 1 is 0.868 bits per heavy atom. The molecule has 0 unspecified atom stereocenters. The third-order valence-corrected chi connectivity index (χ3v) is 7.55. The Kier molecular flexibility index (Phi) is 11.6. The van der Waals surface area contributed by atoms with E-state index in [4.69, 9.17) is 21.1 Å². The summed E-state index contributed by atoms with van der Waals surface area (Å²) in [6.45, 7) is 11.1. The predicted octanol–water partition coefficient (Wildman–Crippen LogP) is 9.91. The van der Waals surface area contributed by atoms with Crippen LogP contribution in [0.1, 0.15) is 97.6 Å². The number of nitrogens with zero attached hydrogens (tertiary/aromatic N) is 1. The molecule has 0 spiro atoms. The summed E-state index contributed by atoms with van der Waals surface area (Å²) in [5.41, 5.74) is 3.66. The molecule has 0 bridgehead atoms. The summed E-state index contributed by atoms with van der Waals surface area (Å²) in [7, 11) is 0. The molecule has 0 saturated heterocycles. The summed E-state index contributed by atoms with van der Waals surface area (Å²) in [6, 6.07) is 14.2. The van der Waals surface area contributed by atoms with Gasteiger partial charge in [-0.3, -0.25) is 0 Å². The normalized spacial score (nSPS) is 11.7. The van der Waals surface area contributed by atoms with E-state index in [2.05, 4.69) is 42.7 Å². The van der Waals surface area contributed by atoms with Crippen LogP contribution in [-0.4, -0.2) is 22.7 Å². The van der Waals surface area contributed by atoms with Gasteiger partial charge >= 0.3 is 5.97 Å². The first-order valence-electron chi connectivity index (χ1n) is 14.5. The number of hydrogen-bond donors (Lipinski definition) is 0. The monoisotopic (exact) mass is 539 g/mol. The van der Waals surface area contributed by atoms with Crippen molar-refractivity contribution in [1.82, 2.24) is 4.57 Å². The second-order valence-corrected chi connectivity index (χ2v) is 11.2. The molecule has 3 aromatic rings. The fourth-order valence-corrected chi connectivity index (χ4v) is 5.32. The quantitative estimate of drug-likeness (QED) is 0.134. The third kappa shape index (κ3) is 8.02. The molecule has 4 nitrogen and oxygen atoms in total. The van der Waals surface area contributed by atoms with Crippen LogP contribution in [0.5, 0.6) is 5.75 Å². The van der Waals surface area contributed by atoms with Crippen LogP contribution in [0, 0.1) is 6.92 Å². The van der Waals surface area contributed by atoms with Gasteiger partial charge in [0.25, 0.3) is 0 Å². The van der Waals surface area contributed by atoms with E-state index in [1.54, 1.807) is 20.8 Å². The molecular formula is C33H46ClNO3. The molecule has 208 valence electrons. The lowest BCUT2D eigenvalue weighted by molar-refractivity contribution is -0.158. The Morgan fingerprint density at radius 2 is 1.47 bits per heavy atom. The maximum atomic E-state index is 12.4. The zero-order chi connectivity index (χ0) is 27.5. The Bertz CT molecular complexity index is 1160. The van der Waals surface area contributed by atoms with Crippen molar-refractivity contribution in [1.29, 1.82) is 0 Å². The zero-order valence-electron chi connectivity index (χ0n) is 24.1. The number of aromatic nitrogens is 1. The number of carbonyl (C=O) groups excluding carboxylic acids is 1. The molecule has 0 radical (unpaired) electrons. The summed E-state index contributed by atoms with van der Waals surface area (Å²) < 4.78 is 13.8. The number of halogens is 1. The van der Waals surface area contributed by atoms with Crippen LogP contribution in [-0.2, 0) is 16.1 Å². The maximum Gasteiger partial charge on any atom is 0.349 e. The first-order chi connectivity index (χ1) is 18.3. The number of benzene rings is 2. The Hall–Kier alpha value is -2.46. The van der Waals surface area contributed by atoms with Crippen molar-refractivity contribution < 1.29 is 14.3 Å². The number of carbonyl (C=O) groups is 1. The highest BCUT2D eigenvalue weighted by Gasteiger charge is 2.32. The molecule has 3 rings (SSSR count). The molecule has 0 aliphatic heterocycles. The van der Waals surface area contributed by atoms with Crippen LogP contribution in [0.2, 0.25) is 5.02 Å². The molecule has 0 atom stereocenters. The number of aryl methyl sites for hydroxylation is 1. The molecule has 0 N–H and O–H groups in total. The second-order valence-electron chi connectivity index (χ2n) is 10.8. The van der Waals surface area contributed by atoms with Crippen LogP contribution < -0.4 is 4.74 Å². The standard InChI is InChI=1S/C33H46ClNO3/c1-6-8-9-10-11-12-13-14-15-16-23-35-25(3)31(26-17-19-27(34)20-18-26)29-24-28(21-22-30(29)35)38-33(4,5)32(36)37-7-2/h17-22,24H,6-16,23H2,1-5H3. The lowest BCUT2D eigenvalue weighted by atomic mass is 10.0. The average molecular weight is 540 g/mol. The molecule has 38 heavy (non-hydrogen) atoms. The van der Waals surface area contributed by atoms with Crippen LogP contribution in [0.4, 0.5) is 0 Å². The van der Waals surface area contributed by atoms with Crippen molar-refractivity contribution in [2.75, 3.05) is 6.61 Å². The minimum atomic E-state index is -1.07. The fraction of sp³-hybridized carbons (Fsp3) is 0.545. The van der Waals surface area contributed by atoms with Crippen LogP contribution in [0.3, 0.4) is 0 Å². The Morgan fingerprint density at radius 3 is 2.08 bits per heavy atom. The second kappa shape index (κ2) is 14.6. The van der Waals surface area contributed by atoms with E-state index in [-0.39, 0.29) is 5.97 Å². The van der Waals surface area contributed by atoms with E-state index < -0.39 is 5.60 Å². The first kappa shape index (κ1) is 30.1. The number of unbranched alkanes of at least 4 members (excludes halogenated alkanes) is 9. The van der Waals surface area contributed by atoms with Crippen molar-refractivity contribution in [3.8, 4) is 16.9 Å². The van der Waals surface area contributed by atoms with Crippen molar-refractivity contribution in [2.24, 2.45) is 0 Å². The van der Waals surface area contributed by atoms with Gasteiger partial charge in [0, 0.05) is 33.7 Å². The van der Waals surface area contributed by atoms with Crippen LogP contribution in [0.25, 0.3) is 22.0 Å². The van der Waals surface area contributed by atoms with E-state index in [1.165, 1.54) is 74.6 Å². The van der Waals surface area contributed by atoms with Gasteiger partial charge in [-0.15, -0.1) is 0 Å². The van der Waals surface area contributed by atoms with Gasteiger partial charge in [-0.1, -0.05) is 88.4 Å². The van der Waals surface area contributed by atoms with Gasteiger partial charge in [0.15, 0.2) is 5.60 Å². The highest BCUT2D eigenvalue weighted by molar-refractivity contribution is 6.30. The van der Waals surface area contributed by atoms with Crippen molar-refractivity contribution in [3.63, 3.8) is 0 Å². The van der Waals surface area contributed by atoms with Crippen LogP contribution in [0.15, 0.2) is 42.5 Å². The lowest BCUT2D eigenvalue weighted by Gasteiger charge is -2.24. The topological polar surface area (TPSA) is 40.5 Å². The molecule has 2 aromatic carbocycles. The van der Waals surface area contributed by atoms with Gasteiger partial charge in [0.1, 0.15) is 5.75 Å². The minimum Gasteiger partial charge on any atom is -0.476 e. The minimum absolute atomic E-state index is 0.326. The molecule has 0 aliphatic rings. The highest BCUT2D eigenvalue weighted by atomic mass is 35.5. The predicted molar refractivity (Wildman–Crippen MR) is 160 cm³/mol. The SMILES string of the molecule is CCCCCCCCCCCCn1c(C)c(-c2ccc(Cl)cc2)c2cc(OC(C)(C)C(=O)OCC)ccc21. The molecule has 1 heterocycles. The molecule has 1 aromatic heterocycles. The van der Waals surface area contributed by atoms with Crippen LogP contribution >= 0.6 is 11.6 Å². The van der Waals surface area contributed by atoms with Crippen molar-refractivity contribution in [3.05, 3.63) is 53.2 Å². The number of rotatable bonds is 16. The molecule has 0 amide bonds. The molecule has 0 fully saturated rings. The third-order valence-electron chi connectivity index (χ3n) is 7.30. The number of ether oxygens (including phenoxy) is 2. The van der Waals surface area contributed by atoms with Gasteiger partial charge in [-0.25, -0.2) is 4.79 Å². The zero-order valence-corrected chi connectivity index (χ0v) is 24.8. The Labute approximate surface area is 234 Å². The Balaban J connectivity index is 1.77. The van der Waals surface area contributed by atoms with Gasteiger partial charge in [-0.2, -0.15) is 0 Å². The van der Waals surface area contributed by atoms with E-state index in [1.807, 2.05) is 18.2 Å². The summed E-state index contributed by atoms with van der Waals surface area (Å²) in [6.07, 6.45) is 13.3. The summed E-state index contributed by atoms with van der Waals surface area (Å²) >= 11 is 6.20. The summed E-state index contributed by atoms with van der Waals surface area (Å²) in [4.78, 5) is 12.4. The van der Waals surface area contributed by atoms with E-state index in [9.17, 15) is 4.79 Å². The fourth-order valence-electron chi connectivity index (χ4n) is 5.19. The molecular weight excluding hydrogens is 494 g/mol. The van der Waals surface area contributed by atoms with E-state index >= 15 is 0 Å². The molecule has 0 saturated carbocycles. The first-order valence-corrected chi connectivity index (χ1v) is 14.9. The van der Waals surface area contributed by atoms with E-state index in [0.717, 1.165) is 28.9 Å². The van der Waals surface area contributed by atoms with E-state index in [0.29, 0.717) is 12.4 Å². The van der Waals surface area contributed by atoms with Gasteiger partial charge in [0.05, 0.1) is 6.61 Å². The maximum absolute atomic E-state index is 12.4. The number of hydrogen-bond acceptors (Lipinski definition) is 3. The van der Waals surface area contributed by atoms with Gasteiger partial charge < -0.3 is 14.0 Å². The smallest absolute Gasteiger partial charge is 0.349 e. The summed E-state index contributed by atoms with van der Waals surface area (Å²) in [5.74, 6) is 0.287. The van der Waals surface area contributed by atoms with Crippen molar-refractivity contribution >= 4 is 28.5 Å². The average Bonchev–Trinajstić information content (AvgIpc) is 3.16. The lowest BCUT2D eigenvalue weighted by Crippen LogP contribution is -2.39. The molecule has 5 heteroatoms. The number of fused-ring (bicyclic) bond motifs is 1. The number of esters is 1. The summed E-state index contributed by atoms with van der Waals surface area (Å²) in [5, 5.41) is 1.84. The van der Waals surface area contributed by atoms with Gasteiger partial charge in [0.2, 0.25) is 0 Å². The largest absolute Gasteiger partial charge is 0.476 e. The highest BCUT2D eigenvalue weighted by Crippen LogP contribution is 2.38. The molecule has 0 aliphatic carbocycles.